The predicted molar refractivity (Wildman–Crippen MR) is 89.9 cm³/mol. The molecule has 0 saturated carbocycles. The number of aromatic nitrogens is 2. The van der Waals surface area contributed by atoms with Crippen molar-refractivity contribution in [3.8, 4) is 11.4 Å². The Morgan fingerprint density at radius 3 is 2.41 bits per heavy atom. The molecule has 4 nitrogen and oxygen atoms in total. The number of ether oxygens (including phenoxy) is 1. The second-order valence-corrected chi connectivity index (χ2v) is 5.86. The number of methoxy groups -OCH3 is 1. The number of H-pyrrole nitrogens is 1. The highest BCUT2D eigenvalue weighted by molar-refractivity contribution is 9.10. The van der Waals surface area contributed by atoms with Crippen molar-refractivity contribution in [2.45, 2.75) is 6.42 Å². The summed E-state index contributed by atoms with van der Waals surface area (Å²) in [5, 5.41) is 3.02. The molecule has 1 N–H and O–H groups in total. The molecule has 2 aromatic carbocycles. The van der Waals surface area contributed by atoms with Gasteiger partial charge in [-0.25, -0.2) is 4.68 Å². The van der Waals surface area contributed by atoms with Crippen LogP contribution in [0, 0.1) is 0 Å². The van der Waals surface area contributed by atoms with Gasteiger partial charge in [0.2, 0.25) is 0 Å². The maximum atomic E-state index is 12.5. The van der Waals surface area contributed by atoms with Crippen molar-refractivity contribution >= 4 is 15.9 Å². The van der Waals surface area contributed by atoms with E-state index in [-0.39, 0.29) is 5.56 Å². The van der Waals surface area contributed by atoms with Gasteiger partial charge in [-0.15, -0.1) is 0 Å². The smallest absolute Gasteiger partial charge is 0.274 e. The monoisotopic (exact) mass is 358 g/mol. The molecule has 1 heterocycles. The van der Waals surface area contributed by atoms with E-state index >= 15 is 0 Å². The Kier molecular flexibility index (Phi) is 4.15. The first-order chi connectivity index (χ1) is 10.7. The summed E-state index contributed by atoms with van der Waals surface area (Å²) in [5.41, 5.74) is 2.58. The van der Waals surface area contributed by atoms with Crippen LogP contribution in [0.5, 0.6) is 5.75 Å². The van der Waals surface area contributed by atoms with Gasteiger partial charge in [-0.2, -0.15) is 0 Å². The fourth-order valence-electron chi connectivity index (χ4n) is 2.28. The molecule has 5 heteroatoms. The minimum Gasteiger partial charge on any atom is -0.497 e. The number of halogens is 1. The SMILES string of the molecule is COc1ccc(Cc2c[nH]n(-c3ccc(Br)cc3)c2=O)cc1. The van der Waals surface area contributed by atoms with Crippen molar-refractivity contribution in [1.82, 2.24) is 9.78 Å². The maximum Gasteiger partial charge on any atom is 0.274 e. The molecule has 112 valence electrons. The van der Waals surface area contributed by atoms with Crippen molar-refractivity contribution in [1.29, 1.82) is 0 Å². The summed E-state index contributed by atoms with van der Waals surface area (Å²) in [6, 6.07) is 15.3. The number of benzene rings is 2. The third kappa shape index (κ3) is 2.99. The van der Waals surface area contributed by atoms with E-state index in [1.54, 1.807) is 18.0 Å². The molecule has 0 saturated heterocycles. The third-order valence-electron chi connectivity index (χ3n) is 3.48. The Balaban J connectivity index is 1.86. The molecule has 0 aliphatic carbocycles. The minimum atomic E-state index is -0.0295. The molecule has 3 aromatic rings. The standard InChI is InChI=1S/C17H15BrN2O2/c1-22-16-8-2-12(3-9-16)10-13-11-19-20(17(13)21)15-6-4-14(18)5-7-15/h2-9,11,19H,10H2,1H3. The maximum absolute atomic E-state index is 12.5. The number of hydrogen-bond acceptors (Lipinski definition) is 2. The van der Waals surface area contributed by atoms with Gasteiger partial charge in [-0.05, 0) is 42.0 Å². The first-order valence-electron chi connectivity index (χ1n) is 6.85. The van der Waals surface area contributed by atoms with Crippen molar-refractivity contribution in [2.75, 3.05) is 7.11 Å². The van der Waals surface area contributed by atoms with Gasteiger partial charge < -0.3 is 4.74 Å². The van der Waals surface area contributed by atoms with Gasteiger partial charge in [0, 0.05) is 22.7 Å². The lowest BCUT2D eigenvalue weighted by atomic mass is 10.1. The molecule has 1 aromatic heterocycles. The van der Waals surface area contributed by atoms with Gasteiger partial charge in [-0.1, -0.05) is 28.1 Å². The van der Waals surface area contributed by atoms with E-state index < -0.39 is 0 Å². The normalized spacial score (nSPS) is 10.6. The lowest BCUT2D eigenvalue weighted by Crippen LogP contribution is -2.17. The third-order valence-corrected chi connectivity index (χ3v) is 4.01. The zero-order valence-corrected chi connectivity index (χ0v) is 13.6. The molecule has 22 heavy (non-hydrogen) atoms. The first kappa shape index (κ1) is 14.7. The molecule has 0 unspecified atom stereocenters. The van der Waals surface area contributed by atoms with Crippen LogP contribution in [0.4, 0.5) is 0 Å². The average molecular weight is 359 g/mol. The summed E-state index contributed by atoms with van der Waals surface area (Å²) >= 11 is 3.39. The van der Waals surface area contributed by atoms with Crippen LogP contribution in [0.3, 0.4) is 0 Å². The van der Waals surface area contributed by atoms with Crippen molar-refractivity contribution < 1.29 is 4.74 Å². The Labute approximate surface area is 136 Å². The van der Waals surface area contributed by atoms with Gasteiger partial charge in [0.1, 0.15) is 5.75 Å². The highest BCUT2D eigenvalue weighted by atomic mass is 79.9. The molecule has 0 spiro atoms. The van der Waals surface area contributed by atoms with Crippen molar-refractivity contribution in [3.63, 3.8) is 0 Å². The van der Waals surface area contributed by atoms with Gasteiger partial charge in [-0.3, -0.25) is 9.89 Å². The second-order valence-electron chi connectivity index (χ2n) is 4.94. The Bertz CT molecular complexity index is 817. The molecule has 0 bridgehead atoms. The summed E-state index contributed by atoms with van der Waals surface area (Å²) in [5.74, 6) is 0.810. The fraction of sp³-hybridized carbons (Fsp3) is 0.118. The molecule has 0 amide bonds. The van der Waals surface area contributed by atoms with Crippen LogP contribution in [0.15, 0.2) is 64.0 Å². The van der Waals surface area contributed by atoms with Crippen LogP contribution < -0.4 is 10.3 Å². The predicted octanol–water partition coefficient (Wildman–Crippen LogP) is 3.53. The van der Waals surface area contributed by atoms with Crippen molar-refractivity contribution in [3.05, 3.63) is 80.7 Å². The molecule has 0 aliphatic heterocycles. The molecule has 0 atom stereocenters. The Hall–Kier alpha value is -2.27. The van der Waals surface area contributed by atoms with E-state index in [4.69, 9.17) is 4.74 Å². The fourth-order valence-corrected chi connectivity index (χ4v) is 2.54. The molecule has 0 aliphatic rings. The summed E-state index contributed by atoms with van der Waals surface area (Å²) in [6.45, 7) is 0. The molecular formula is C17H15BrN2O2. The lowest BCUT2D eigenvalue weighted by Gasteiger charge is -2.02. The number of nitrogens with one attached hydrogen (secondary N) is 1. The molecule has 0 fully saturated rings. The quantitative estimate of drug-likeness (QED) is 0.775. The van der Waals surface area contributed by atoms with Crippen LogP contribution >= 0.6 is 15.9 Å². The number of rotatable bonds is 4. The van der Waals surface area contributed by atoms with Gasteiger partial charge >= 0.3 is 0 Å². The minimum absolute atomic E-state index is 0.0295. The van der Waals surface area contributed by atoms with E-state index in [2.05, 4.69) is 21.0 Å². The average Bonchev–Trinajstić information content (AvgIpc) is 2.90. The summed E-state index contributed by atoms with van der Waals surface area (Å²) in [6.07, 6.45) is 2.34. The highest BCUT2D eigenvalue weighted by Gasteiger charge is 2.08. The van der Waals surface area contributed by atoms with Crippen LogP contribution in [0.25, 0.3) is 5.69 Å². The molecule has 0 radical (unpaired) electrons. The van der Waals surface area contributed by atoms with E-state index in [1.807, 2.05) is 48.5 Å². The van der Waals surface area contributed by atoms with Crippen molar-refractivity contribution in [2.24, 2.45) is 0 Å². The van der Waals surface area contributed by atoms with Crippen LogP contribution in [-0.2, 0) is 6.42 Å². The largest absolute Gasteiger partial charge is 0.497 e. The van der Waals surface area contributed by atoms with Crippen LogP contribution in [0.1, 0.15) is 11.1 Å². The van der Waals surface area contributed by atoms with E-state index in [1.165, 1.54) is 0 Å². The van der Waals surface area contributed by atoms with Crippen LogP contribution in [0.2, 0.25) is 0 Å². The van der Waals surface area contributed by atoms with E-state index in [0.29, 0.717) is 6.42 Å². The van der Waals surface area contributed by atoms with Gasteiger partial charge in [0.15, 0.2) is 0 Å². The van der Waals surface area contributed by atoms with Crippen LogP contribution in [-0.4, -0.2) is 16.9 Å². The Morgan fingerprint density at radius 1 is 1.09 bits per heavy atom. The number of hydrogen-bond donors (Lipinski definition) is 1. The topological polar surface area (TPSA) is 47.0 Å². The summed E-state index contributed by atoms with van der Waals surface area (Å²) in [4.78, 5) is 12.5. The van der Waals surface area contributed by atoms with E-state index in [9.17, 15) is 4.79 Å². The first-order valence-corrected chi connectivity index (χ1v) is 7.65. The molecule has 3 rings (SSSR count). The lowest BCUT2D eigenvalue weighted by molar-refractivity contribution is 0.414. The number of nitrogens with zero attached hydrogens (tertiary/aromatic N) is 1. The zero-order chi connectivity index (χ0) is 15.5. The second kappa shape index (κ2) is 6.23. The Morgan fingerprint density at radius 2 is 1.77 bits per heavy atom. The number of aromatic amines is 1. The molecular weight excluding hydrogens is 344 g/mol. The van der Waals surface area contributed by atoms with Gasteiger partial charge in [0.05, 0.1) is 12.8 Å². The summed E-state index contributed by atoms with van der Waals surface area (Å²) < 4.78 is 7.67. The zero-order valence-electron chi connectivity index (χ0n) is 12.0. The van der Waals surface area contributed by atoms with Gasteiger partial charge in [0.25, 0.3) is 5.56 Å². The van der Waals surface area contributed by atoms with E-state index in [0.717, 1.165) is 27.0 Å². The summed E-state index contributed by atoms with van der Waals surface area (Å²) in [7, 11) is 1.64. The highest BCUT2D eigenvalue weighted by Crippen LogP contribution is 2.15.